The molecule has 1 rings (SSSR count). The van der Waals surface area contributed by atoms with E-state index < -0.39 is 16.0 Å². The fourth-order valence-electron chi connectivity index (χ4n) is 1.34. The SMILES string of the molecule is CCCCS(=O)(=O)Nc1ccc(Cl)cc1C(=O)O. The second-order valence-corrected chi connectivity index (χ2v) is 6.05. The Balaban J connectivity index is 3.01. The van der Waals surface area contributed by atoms with Crippen molar-refractivity contribution in [2.45, 2.75) is 19.8 Å². The first kappa shape index (κ1) is 14.8. The summed E-state index contributed by atoms with van der Waals surface area (Å²) in [6.07, 6.45) is 1.26. The van der Waals surface area contributed by atoms with Gasteiger partial charge in [0, 0.05) is 5.02 Å². The van der Waals surface area contributed by atoms with Crippen molar-refractivity contribution >= 4 is 33.3 Å². The third-order valence-corrected chi connectivity index (χ3v) is 3.84. The number of halogens is 1. The maximum Gasteiger partial charge on any atom is 0.337 e. The molecule has 1 aromatic carbocycles. The number of carboxylic acids is 1. The van der Waals surface area contributed by atoms with Gasteiger partial charge in [-0.15, -0.1) is 0 Å². The van der Waals surface area contributed by atoms with Crippen LogP contribution < -0.4 is 4.72 Å². The van der Waals surface area contributed by atoms with Crippen LogP contribution in [0.4, 0.5) is 5.69 Å². The van der Waals surface area contributed by atoms with Crippen molar-refractivity contribution in [1.82, 2.24) is 0 Å². The summed E-state index contributed by atoms with van der Waals surface area (Å²) in [6, 6.07) is 3.99. The van der Waals surface area contributed by atoms with E-state index >= 15 is 0 Å². The van der Waals surface area contributed by atoms with Gasteiger partial charge in [-0.3, -0.25) is 4.72 Å². The van der Waals surface area contributed by atoms with Gasteiger partial charge in [0.1, 0.15) is 0 Å². The van der Waals surface area contributed by atoms with Gasteiger partial charge in [-0.1, -0.05) is 24.9 Å². The predicted molar refractivity (Wildman–Crippen MR) is 70.7 cm³/mol. The number of aromatic carboxylic acids is 1. The van der Waals surface area contributed by atoms with Gasteiger partial charge in [-0.2, -0.15) is 0 Å². The average molecular weight is 292 g/mol. The quantitative estimate of drug-likeness (QED) is 0.844. The first-order valence-corrected chi connectivity index (χ1v) is 7.42. The molecule has 0 saturated heterocycles. The molecule has 0 amide bonds. The lowest BCUT2D eigenvalue weighted by atomic mass is 10.2. The van der Waals surface area contributed by atoms with Gasteiger partial charge >= 0.3 is 5.97 Å². The smallest absolute Gasteiger partial charge is 0.337 e. The number of benzene rings is 1. The Hall–Kier alpha value is -1.27. The highest BCUT2D eigenvalue weighted by atomic mass is 35.5. The molecule has 7 heteroatoms. The van der Waals surface area contributed by atoms with Crippen LogP contribution in [-0.4, -0.2) is 25.2 Å². The minimum absolute atomic E-state index is 0.0306. The molecular weight excluding hydrogens is 278 g/mol. The van der Waals surface area contributed by atoms with Crippen molar-refractivity contribution in [3.63, 3.8) is 0 Å². The van der Waals surface area contributed by atoms with Crippen LogP contribution in [0.15, 0.2) is 18.2 Å². The van der Waals surface area contributed by atoms with Crippen LogP contribution in [-0.2, 0) is 10.0 Å². The van der Waals surface area contributed by atoms with Crippen LogP contribution >= 0.6 is 11.6 Å². The molecule has 5 nitrogen and oxygen atoms in total. The Morgan fingerprint density at radius 2 is 2.11 bits per heavy atom. The number of rotatable bonds is 6. The van der Waals surface area contributed by atoms with Crippen LogP contribution in [0.2, 0.25) is 5.02 Å². The number of unbranched alkanes of at least 4 members (excludes halogenated alkanes) is 1. The molecule has 0 heterocycles. The third-order valence-electron chi connectivity index (χ3n) is 2.24. The maximum atomic E-state index is 11.7. The normalized spacial score (nSPS) is 11.2. The number of anilines is 1. The fraction of sp³-hybridized carbons (Fsp3) is 0.364. The molecule has 0 spiro atoms. The van der Waals surface area contributed by atoms with Gasteiger partial charge in [0.25, 0.3) is 0 Å². The summed E-state index contributed by atoms with van der Waals surface area (Å²) in [5.74, 6) is -1.27. The van der Waals surface area contributed by atoms with E-state index in [2.05, 4.69) is 4.72 Å². The van der Waals surface area contributed by atoms with Crippen LogP contribution in [0, 0.1) is 0 Å². The highest BCUT2D eigenvalue weighted by Gasteiger charge is 2.16. The Morgan fingerprint density at radius 3 is 2.67 bits per heavy atom. The van der Waals surface area contributed by atoms with Crippen LogP contribution in [0.5, 0.6) is 0 Å². The van der Waals surface area contributed by atoms with Crippen molar-refractivity contribution in [1.29, 1.82) is 0 Å². The molecule has 0 radical (unpaired) electrons. The van der Waals surface area contributed by atoms with Gasteiger partial charge in [-0.05, 0) is 24.6 Å². The van der Waals surface area contributed by atoms with Crippen LogP contribution in [0.1, 0.15) is 30.1 Å². The lowest BCUT2D eigenvalue weighted by Gasteiger charge is -2.10. The summed E-state index contributed by atoms with van der Waals surface area (Å²) in [5.41, 5.74) is -0.134. The minimum atomic E-state index is -3.52. The Morgan fingerprint density at radius 1 is 1.44 bits per heavy atom. The molecule has 0 aliphatic rings. The monoisotopic (exact) mass is 291 g/mol. The molecule has 0 aromatic heterocycles. The van der Waals surface area contributed by atoms with Crippen LogP contribution in [0.25, 0.3) is 0 Å². The maximum absolute atomic E-state index is 11.7. The predicted octanol–water partition coefficient (Wildman–Crippen LogP) is 2.58. The minimum Gasteiger partial charge on any atom is -0.478 e. The summed E-state index contributed by atoms with van der Waals surface area (Å²) < 4.78 is 25.6. The van der Waals surface area contributed by atoms with Crippen molar-refractivity contribution in [3.8, 4) is 0 Å². The number of hydrogen-bond donors (Lipinski definition) is 2. The van der Waals surface area contributed by atoms with E-state index in [0.29, 0.717) is 6.42 Å². The molecule has 1 aromatic rings. The van der Waals surface area contributed by atoms with Gasteiger partial charge in [-0.25, -0.2) is 13.2 Å². The largest absolute Gasteiger partial charge is 0.478 e. The molecule has 0 unspecified atom stereocenters. The molecule has 0 aliphatic carbocycles. The molecule has 2 N–H and O–H groups in total. The summed E-state index contributed by atoms with van der Waals surface area (Å²) in [4.78, 5) is 11.0. The Labute approximate surface area is 111 Å². The molecule has 0 atom stereocenters. The standard InChI is InChI=1S/C11H14ClNO4S/c1-2-3-6-18(16,17)13-10-5-4-8(12)7-9(10)11(14)15/h4-5,7,13H,2-3,6H2,1H3,(H,14,15). The fourth-order valence-corrected chi connectivity index (χ4v) is 2.79. The molecule has 0 saturated carbocycles. The van der Waals surface area contributed by atoms with Crippen molar-refractivity contribution in [2.24, 2.45) is 0 Å². The van der Waals surface area contributed by atoms with Crippen molar-refractivity contribution in [2.75, 3.05) is 10.5 Å². The topological polar surface area (TPSA) is 83.5 Å². The third kappa shape index (κ3) is 4.19. The van der Waals surface area contributed by atoms with E-state index in [1.54, 1.807) is 0 Å². The number of carbonyl (C=O) groups is 1. The Kier molecular flexibility index (Phi) is 4.98. The summed E-state index contributed by atoms with van der Waals surface area (Å²) in [5, 5.41) is 9.21. The number of hydrogen-bond acceptors (Lipinski definition) is 3. The van der Waals surface area contributed by atoms with E-state index in [9.17, 15) is 13.2 Å². The zero-order chi connectivity index (χ0) is 13.8. The first-order valence-electron chi connectivity index (χ1n) is 5.39. The van der Waals surface area contributed by atoms with Crippen molar-refractivity contribution in [3.05, 3.63) is 28.8 Å². The van der Waals surface area contributed by atoms with E-state index in [1.807, 2.05) is 6.92 Å². The molecule has 100 valence electrons. The van der Waals surface area contributed by atoms with Gasteiger partial charge in [0.2, 0.25) is 10.0 Å². The van der Waals surface area contributed by atoms with Crippen molar-refractivity contribution < 1.29 is 18.3 Å². The van der Waals surface area contributed by atoms with Gasteiger partial charge in [0.05, 0.1) is 17.0 Å². The first-order chi connectivity index (χ1) is 8.35. The summed E-state index contributed by atoms with van der Waals surface area (Å²) in [7, 11) is -3.52. The lowest BCUT2D eigenvalue weighted by Crippen LogP contribution is -2.18. The van der Waals surface area contributed by atoms with E-state index in [4.69, 9.17) is 16.7 Å². The highest BCUT2D eigenvalue weighted by Crippen LogP contribution is 2.22. The van der Waals surface area contributed by atoms with E-state index in [0.717, 1.165) is 6.42 Å². The summed E-state index contributed by atoms with van der Waals surface area (Å²) in [6.45, 7) is 1.88. The summed E-state index contributed by atoms with van der Waals surface area (Å²) >= 11 is 5.68. The van der Waals surface area contributed by atoms with E-state index in [-0.39, 0.29) is 22.0 Å². The highest BCUT2D eigenvalue weighted by molar-refractivity contribution is 7.92. The van der Waals surface area contributed by atoms with Gasteiger partial charge in [0.15, 0.2) is 0 Å². The zero-order valence-corrected chi connectivity index (χ0v) is 11.4. The second-order valence-electron chi connectivity index (χ2n) is 3.77. The number of sulfonamides is 1. The lowest BCUT2D eigenvalue weighted by molar-refractivity contribution is 0.0698. The second kappa shape index (κ2) is 6.06. The van der Waals surface area contributed by atoms with Gasteiger partial charge < -0.3 is 5.11 Å². The molecule has 0 bridgehead atoms. The molecule has 0 fully saturated rings. The van der Waals surface area contributed by atoms with Crippen LogP contribution in [0.3, 0.4) is 0 Å². The molecule has 18 heavy (non-hydrogen) atoms. The van der Waals surface area contributed by atoms with E-state index in [1.165, 1.54) is 18.2 Å². The number of nitrogens with one attached hydrogen (secondary N) is 1. The molecule has 0 aliphatic heterocycles. The number of carboxylic acid groups (broad SMARTS) is 1. The zero-order valence-electron chi connectivity index (χ0n) is 9.81. The molecular formula is C11H14ClNO4S. The Bertz CT molecular complexity index is 542. The average Bonchev–Trinajstić information content (AvgIpc) is 2.28.